The number of nitro groups is 1. The Morgan fingerprint density at radius 3 is 2.67 bits per heavy atom. The van der Waals surface area contributed by atoms with E-state index < -0.39 is 4.92 Å². The van der Waals surface area contributed by atoms with E-state index in [4.69, 9.17) is 0 Å². The summed E-state index contributed by atoms with van der Waals surface area (Å²) in [4.78, 5) is 22.6. The first-order chi connectivity index (χ1) is 10.1. The van der Waals surface area contributed by atoms with Crippen LogP contribution in [-0.2, 0) is 0 Å². The molecule has 1 aromatic rings. The van der Waals surface area contributed by atoms with Crippen molar-refractivity contribution in [1.82, 2.24) is 0 Å². The second-order valence-corrected chi connectivity index (χ2v) is 6.08. The van der Waals surface area contributed by atoms with Gasteiger partial charge in [0.15, 0.2) is 5.78 Å². The summed E-state index contributed by atoms with van der Waals surface area (Å²) in [6.45, 7) is 1.69. The van der Waals surface area contributed by atoms with Gasteiger partial charge in [-0.3, -0.25) is 14.9 Å². The molecule has 1 saturated carbocycles. The topological polar surface area (TPSA) is 60.2 Å². The van der Waals surface area contributed by atoms with Gasteiger partial charge in [-0.25, -0.2) is 0 Å². The fourth-order valence-corrected chi connectivity index (χ4v) is 3.15. The van der Waals surface area contributed by atoms with Crippen molar-refractivity contribution in [3.05, 3.63) is 39.4 Å². The summed E-state index contributed by atoms with van der Waals surface area (Å²) in [5, 5.41) is 10.9. The highest BCUT2D eigenvalue weighted by atomic mass is 16.6. The molecule has 21 heavy (non-hydrogen) atoms. The molecule has 0 unspecified atom stereocenters. The smallest absolute Gasteiger partial charge is 0.273 e. The molecule has 4 heteroatoms. The van der Waals surface area contributed by atoms with E-state index in [0.717, 1.165) is 18.8 Å². The summed E-state index contributed by atoms with van der Waals surface area (Å²) < 4.78 is 0. The summed E-state index contributed by atoms with van der Waals surface area (Å²) in [6, 6.07) is 4.77. The van der Waals surface area contributed by atoms with Gasteiger partial charge in [-0.05, 0) is 19.3 Å². The minimum Gasteiger partial charge on any atom is -0.294 e. The molecule has 114 valence electrons. The fourth-order valence-electron chi connectivity index (χ4n) is 3.15. The van der Waals surface area contributed by atoms with Crippen LogP contribution in [0.15, 0.2) is 18.2 Å². The van der Waals surface area contributed by atoms with E-state index >= 15 is 0 Å². The Kier molecular flexibility index (Phi) is 5.48. The van der Waals surface area contributed by atoms with Crippen LogP contribution in [0.1, 0.15) is 67.3 Å². The van der Waals surface area contributed by atoms with Crippen LogP contribution in [0, 0.1) is 23.0 Å². The van der Waals surface area contributed by atoms with E-state index in [1.54, 1.807) is 19.1 Å². The van der Waals surface area contributed by atoms with E-state index in [2.05, 4.69) is 0 Å². The lowest BCUT2D eigenvalue weighted by atomic mass is 9.85. The minimum absolute atomic E-state index is 0.0221. The van der Waals surface area contributed by atoms with Crippen molar-refractivity contribution in [3.8, 4) is 0 Å². The Hall–Kier alpha value is -1.71. The van der Waals surface area contributed by atoms with Crippen molar-refractivity contribution in [2.45, 2.75) is 58.3 Å². The lowest BCUT2D eigenvalue weighted by Crippen LogP contribution is -2.07. The zero-order valence-corrected chi connectivity index (χ0v) is 12.6. The summed E-state index contributed by atoms with van der Waals surface area (Å²) in [7, 11) is 0. The molecule has 0 spiro atoms. The first-order valence-electron chi connectivity index (χ1n) is 7.86. The van der Waals surface area contributed by atoms with E-state index in [1.807, 2.05) is 0 Å². The maximum Gasteiger partial charge on any atom is 0.273 e. The summed E-state index contributed by atoms with van der Waals surface area (Å²) >= 11 is 0. The van der Waals surface area contributed by atoms with E-state index in [1.165, 1.54) is 38.2 Å². The van der Waals surface area contributed by atoms with Gasteiger partial charge >= 0.3 is 0 Å². The molecule has 0 bridgehead atoms. The number of benzene rings is 1. The zero-order valence-electron chi connectivity index (χ0n) is 12.6. The number of rotatable bonds is 6. The van der Waals surface area contributed by atoms with Crippen LogP contribution < -0.4 is 0 Å². The Bertz CT molecular complexity index is 519. The van der Waals surface area contributed by atoms with Crippen LogP contribution in [0.5, 0.6) is 0 Å². The number of aryl methyl sites for hydroxylation is 1. The van der Waals surface area contributed by atoms with Crippen LogP contribution >= 0.6 is 0 Å². The second kappa shape index (κ2) is 7.34. The first-order valence-corrected chi connectivity index (χ1v) is 7.86. The molecule has 1 aliphatic rings. The number of carbonyl (C=O) groups excluding carboxylic acids is 1. The van der Waals surface area contributed by atoms with Crippen LogP contribution in [0.3, 0.4) is 0 Å². The van der Waals surface area contributed by atoms with Gasteiger partial charge in [0.05, 0.1) is 4.92 Å². The third-order valence-electron chi connectivity index (χ3n) is 4.47. The Morgan fingerprint density at radius 2 is 2.00 bits per heavy atom. The van der Waals surface area contributed by atoms with Crippen molar-refractivity contribution in [2.75, 3.05) is 0 Å². The molecule has 1 aliphatic carbocycles. The molecular formula is C17H23NO3. The van der Waals surface area contributed by atoms with Crippen molar-refractivity contribution < 1.29 is 9.72 Å². The number of Topliss-reactive ketones (excluding diaryl/α,β-unsaturated/α-hetero) is 1. The van der Waals surface area contributed by atoms with Crippen LogP contribution in [0.2, 0.25) is 0 Å². The predicted molar refractivity (Wildman–Crippen MR) is 82.6 cm³/mol. The molecule has 1 fully saturated rings. The zero-order chi connectivity index (χ0) is 15.2. The number of ketones is 1. The van der Waals surface area contributed by atoms with E-state index in [9.17, 15) is 14.9 Å². The normalized spacial score (nSPS) is 15.9. The maximum absolute atomic E-state index is 12.1. The molecule has 0 aromatic heterocycles. The highest BCUT2D eigenvalue weighted by Gasteiger charge is 2.16. The predicted octanol–water partition coefficient (Wildman–Crippen LogP) is 4.84. The standard InChI is InChI=1S/C17H23NO3/c1-13-10-11-15(12-16(13)18(20)21)17(19)9-5-8-14-6-3-2-4-7-14/h10-12,14H,2-9H2,1H3. The number of nitrogens with zero attached hydrogens (tertiary/aromatic N) is 1. The largest absolute Gasteiger partial charge is 0.294 e. The molecule has 0 N–H and O–H groups in total. The summed E-state index contributed by atoms with van der Waals surface area (Å²) in [5.41, 5.74) is 1.10. The lowest BCUT2D eigenvalue weighted by Gasteiger charge is -2.21. The summed E-state index contributed by atoms with van der Waals surface area (Å²) in [6.07, 6.45) is 9.09. The molecule has 0 amide bonds. The van der Waals surface area contributed by atoms with Gasteiger partial charge in [0.25, 0.3) is 5.69 Å². The number of nitro benzene ring substituents is 1. The molecule has 0 atom stereocenters. The minimum atomic E-state index is -0.422. The number of hydrogen-bond acceptors (Lipinski definition) is 3. The molecule has 0 radical (unpaired) electrons. The highest BCUT2D eigenvalue weighted by Crippen LogP contribution is 2.28. The van der Waals surface area contributed by atoms with Crippen molar-refractivity contribution >= 4 is 11.5 Å². The average Bonchev–Trinajstić information content (AvgIpc) is 2.48. The Morgan fingerprint density at radius 1 is 1.29 bits per heavy atom. The van der Waals surface area contributed by atoms with E-state index in [-0.39, 0.29) is 11.5 Å². The Labute approximate surface area is 125 Å². The maximum atomic E-state index is 12.1. The van der Waals surface area contributed by atoms with Gasteiger partial charge in [-0.2, -0.15) is 0 Å². The third kappa shape index (κ3) is 4.38. The molecule has 0 aliphatic heterocycles. The van der Waals surface area contributed by atoms with Gasteiger partial charge in [0.1, 0.15) is 0 Å². The van der Waals surface area contributed by atoms with Crippen molar-refractivity contribution in [3.63, 3.8) is 0 Å². The highest BCUT2D eigenvalue weighted by molar-refractivity contribution is 5.96. The number of carbonyl (C=O) groups is 1. The molecule has 1 aromatic carbocycles. The van der Waals surface area contributed by atoms with Gasteiger partial charge in [-0.15, -0.1) is 0 Å². The van der Waals surface area contributed by atoms with E-state index in [0.29, 0.717) is 17.5 Å². The SMILES string of the molecule is Cc1ccc(C(=O)CCCC2CCCCC2)cc1[N+](=O)[O-]. The van der Waals surface area contributed by atoms with Gasteiger partial charge in [-0.1, -0.05) is 50.7 Å². The van der Waals surface area contributed by atoms with Gasteiger partial charge in [0, 0.05) is 23.6 Å². The van der Waals surface area contributed by atoms with Crippen LogP contribution in [-0.4, -0.2) is 10.7 Å². The molecule has 4 nitrogen and oxygen atoms in total. The Balaban J connectivity index is 1.88. The fraction of sp³-hybridized carbons (Fsp3) is 0.588. The van der Waals surface area contributed by atoms with Gasteiger partial charge < -0.3 is 0 Å². The number of hydrogen-bond donors (Lipinski definition) is 0. The molecular weight excluding hydrogens is 266 g/mol. The molecule has 0 heterocycles. The lowest BCUT2D eigenvalue weighted by molar-refractivity contribution is -0.385. The van der Waals surface area contributed by atoms with Gasteiger partial charge in [0.2, 0.25) is 0 Å². The van der Waals surface area contributed by atoms with Crippen LogP contribution in [0.25, 0.3) is 0 Å². The van der Waals surface area contributed by atoms with Crippen molar-refractivity contribution in [1.29, 1.82) is 0 Å². The third-order valence-corrected chi connectivity index (χ3v) is 4.47. The second-order valence-electron chi connectivity index (χ2n) is 6.08. The summed E-state index contributed by atoms with van der Waals surface area (Å²) in [5.74, 6) is 0.799. The van der Waals surface area contributed by atoms with Crippen molar-refractivity contribution in [2.24, 2.45) is 5.92 Å². The monoisotopic (exact) mass is 289 g/mol. The first kappa shape index (κ1) is 15.7. The molecule has 2 rings (SSSR count). The van der Waals surface area contributed by atoms with Crippen LogP contribution in [0.4, 0.5) is 5.69 Å². The molecule has 0 saturated heterocycles. The average molecular weight is 289 g/mol. The quantitative estimate of drug-likeness (QED) is 0.428.